The van der Waals surface area contributed by atoms with Gasteiger partial charge in [-0.15, -0.1) is 0 Å². The molecule has 0 radical (unpaired) electrons. The number of fused-ring (bicyclic) bond motifs is 2. The van der Waals surface area contributed by atoms with Crippen LogP contribution in [0.3, 0.4) is 0 Å². The quantitative estimate of drug-likeness (QED) is 0.577. The highest BCUT2D eigenvalue weighted by Crippen LogP contribution is 2.30. The van der Waals surface area contributed by atoms with Gasteiger partial charge in [-0.2, -0.15) is 5.10 Å². The number of nitrogen functional groups attached to an aromatic ring is 1. The summed E-state index contributed by atoms with van der Waals surface area (Å²) in [6, 6.07) is 4.27. The Bertz CT molecular complexity index is 824. The van der Waals surface area contributed by atoms with Gasteiger partial charge in [0.2, 0.25) is 0 Å². The van der Waals surface area contributed by atoms with Crippen molar-refractivity contribution in [3.05, 3.63) is 46.4 Å². The number of hydrogen-bond donors (Lipinski definition) is 1. The van der Waals surface area contributed by atoms with Crippen molar-refractivity contribution in [3.63, 3.8) is 0 Å². The number of hydrogen-bond acceptors (Lipinski definition) is 5. The number of hydroxylamine groups is 3. The third kappa shape index (κ3) is 2.83. The predicted molar refractivity (Wildman–Crippen MR) is 91.7 cm³/mol. The molecule has 0 aliphatic carbocycles. The molecule has 0 bridgehead atoms. The summed E-state index contributed by atoms with van der Waals surface area (Å²) in [6.07, 6.45) is 5.30. The lowest BCUT2D eigenvalue weighted by Crippen LogP contribution is -2.43. The minimum Gasteiger partial charge on any atom is -0.633 e. The van der Waals surface area contributed by atoms with Crippen molar-refractivity contribution in [2.75, 3.05) is 18.8 Å². The van der Waals surface area contributed by atoms with Crippen LogP contribution in [0.25, 0.3) is 10.2 Å². The number of nitrogens with two attached hydrogens (primary N) is 1. The molecule has 120 valence electrons. The molecule has 2 N–H and O–H groups in total. The minimum atomic E-state index is -0.191. The van der Waals surface area contributed by atoms with Gasteiger partial charge in [0.1, 0.15) is 6.54 Å². The van der Waals surface area contributed by atoms with Gasteiger partial charge in [0.15, 0.2) is 5.13 Å². The summed E-state index contributed by atoms with van der Waals surface area (Å²) >= 11 is 1.51. The van der Waals surface area contributed by atoms with Crippen molar-refractivity contribution in [2.24, 2.45) is 7.05 Å². The molecule has 2 aromatic heterocycles. The molecule has 1 atom stereocenters. The summed E-state index contributed by atoms with van der Waals surface area (Å²) in [4.78, 5) is 4.36. The Morgan fingerprint density at radius 3 is 2.74 bits per heavy atom. The van der Waals surface area contributed by atoms with Crippen LogP contribution in [0, 0.1) is 5.21 Å². The van der Waals surface area contributed by atoms with Crippen molar-refractivity contribution < 1.29 is 4.65 Å². The van der Waals surface area contributed by atoms with Gasteiger partial charge in [0.25, 0.3) is 0 Å². The van der Waals surface area contributed by atoms with Gasteiger partial charge in [-0.1, -0.05) is 11.3 Å². The summed E-state index contributed by atoms with van der Waals surface area (Å²) in [5.41, 5.74) is 10.3. The SMILES string of the molecule is Cn1cc(C[N+]2([O-])CCc3cc4nc(N)sc4cc3CC2)cn1. The number of benzene rings is 1. The Morgan fingerprint density at radius 1 is 1.30 bits per heavy atom. The lowest BCUT2D eigenvalue weighted by Gasteiger charge is -2.41. The second kappa shape index (κ2) is 5.30. The molecular formula is C16H19N5OS. The van der Waals surface area contributed by atoms with E-state index < -0.39 is 0 Å². The highest BCUT2D eigenvalue weighted by Gasteiger charge is 2.24. The normalized spacial score (nSPS) is 21.3. The maximum Gasteiger partial charge on any atom is 0.181 e. The first-order valence-corrected chi connectivity index (χ1v) is 8.55. The van der Waals surface area contributed by atoms with Crippen LogP contribution in [0.5, 0.6) is 0 Å². The topological polar surface area (TPSA) is 79.8 Å². The van der Waals surface area contributed by atoms with Crippen molar-refractivity contribution >= 4 is 26.7 Å². The monoisotopic (exact) mass is 329 g/mol. The van der Waals surface area contributed by atoms with Crippen LogP contribution in [0.2, 0.25) is 0 Å². The molecule has 0 amide bonds. The van der Waals surface area contributed by atoms with E-state index in [4.69, 9.17) is 5.73 Å². The molecule has 1 aliphatic heterocycles. The van der Waals surface area contributed by atoms with Gasteiger partial charge < -0.3 is 15.6 Å². The molecule has 4 rings (SSSR count). The third-order valence-corrected chi connectivity index (χ3v) is 5.38. The number of quaternary nitrogens is 1. The predicted octanol–water partition coefficient (Wildman–Crippen LogP) is 2.23. The first kappa shape index (κ1) is 14.6. The summed E-state index contributed by atoms with van der Waals surface area (Å²) in [6.45, 7) is 1.68. The van der Waals surface area contributed by atoms with E-state index in [1.807, 2.05) is 13.2 Å². The van der Waals surface area contributed by atoms with Gasteiger partial charge >= 0.3 is 0 Å². The number of anilines is 1. The fraction of sp³-hybridized carbons (Fsp3) is 0.375. The first-order chi connectivity index (χ1) is 11.0. The minimum absolute atomic E-state index is 0.191. The second-order valence-electron chi connectivity index (χ2n) is 6.33. The molecule has 0 spiro atoms. The van der Waals surface area contributed by atoms with E-state index >= 15 is 0 Å². The van der Waals surface area contributed by atoms with Crippen molar-refractivity contribution in [2.45, 2.75) is 19.4 Å². The maximum atomic E-state index is 13.1. The van der Waals surface area contributed by atoms with E-state index in [-0.39, 0.29) is 4.65 Å². The average Bonchev–Trinajstić information content (AvgIpc) is 3.02. The zero-order valence-corrected chi connectivity index (χ0v) is 13.8. The van der Waals surface area contributed by atoms with Crippen LogP contribution in [-0.2, 0) is 26.4 Å². The molecule has 23 heavy (non-hydrogen) atoms. The van der Waals surface area contributed by atoms with Crippen LogP contribution in [-0.4, -0.2) is 32.5 Å². The van der Waals surface area contributed by atoms with E-state index in [2.05, 4.69) is 22.2 Å². The second-order valence-corrected chi connectivity index (χ2v) is 7.39. The van der Waals surface area contributed by atoms with Gasteiger partial charge in [0, 0.05) is 31.6 Å². The van der Waals surface area contributed by atoms with E-state index in [9.17, 15) is 5.21 Å². The number of thiazole rings is 1. The Kier molecular flexibility index (Phi) is 3.37. The van der Waals surface area contributed by atoms with E-state index in [0.717, 1.165) is 28.6 Å². The molecule has 0 fully saturated rings. The molecule has 7 heteroatoms. The molecule has 3 heterocycles. The molecule has 0 saturated carbocycles. The van der Waals surface area contributed by atoms with E-state index in [1.54, 1.807) is 10.9 Å². The van der Waals surface area contributed by atoms with Gasteiger partial charge in [-0.3, -0.25) is 4.68 Å². The van der Waals surface area contributed by atoms with Crippen LogP contribution in [0.1, 0.15) is 16.7 Å². The zero-order chi connectivity index (χ0) is 16.0. The Morgan fingerprint density at radius 2 is 2.04 bits per heavy atom. The van der Waals surface area contributed by atoms with Gasteiger partial charge in [0.05, 0.1) is 29.5 Å². The first-order valence-electron chi connectivity index (χ1n) is 7.73. The molecule has 1 unspecified atom stereocenters. The van der Waals surface area contributed by atoms with E-state index in [1.165, 1.54) is 22.5 Å². The highest BCUT2D eigenvalue weighted by molar-refractivity contribution is 7.22. The number of aryl methyl sites for hydroxylation is 1. The lowest BCUT2D eigenvalue weighted by atomic mass is 10.0. The summed E-state index contributed by atoms with van der Waals surface area (Å²) in [5.74, 6) is 0. The molecule has 1 aliphatic rings. The van der Waals surface area contributed by atoms with E-state index in [0.29, 0.717) is 24.8 Å². The lowest BCUT2D eigenvalue weighted by molar-refractivity contribution is -0.893. The largest absolute Gasteiger partial charge is 0.633 e. The van der Waals surface area contributed by atoms with Gasteiger partial charge in [-0.05, 0) is 23.3 Å². The standard InChI is InChI=1S/C16H19N5OS/c1-20-9-11(8-18-20)10-21(22)4-2-12-6-14-15(23-16(17)19-14)7-13(12)3-5-21/h6-9H,2-5,10H2,1H3,(H2,17,19). The average molecular weight is 329 g/mol. The van der Waals surface area contributed by atoms with Crippen LogP contribution >= 0.6 is 11.3 Å². The third-order valence-electron chi connectivity index (χ3n) is 4.53. The number of aromatic nitrogens is 3. The molecule has 1 aromatic carbocycles. The van der Waals surface area contributed by atoms with Crippen LogP contribution in [0.15, 0.2) is 24.5 Å². The zero-order valence-electron chi connectivity index (χ0n) is 13.0. The Labute approximate surface area is 138 Å². The smallest absolute Gasteiger partial charge is 0.181 e. The maximum absolute atomic E-state index is 13.1. The fourth-order valence-corrected chi connectivity index (χ4v) is 4.13. The van der Waals surface area contributed by atoms with Crippen molar-refractivity contribution in [3.8, 4) is 0 Å². The van der Waals surface area contributed by atoms with Crippen LogP contribution in [0.4, 0.5) is 5.13 Å². The fourth-order valence-electron chi connectivity index (χ4n) is 3.35. The van der Waals surface area contributed by atoms with Crippen molar-refractivity contribution in [1.29, 1.82) is 0 Å². The summed E-state index contributed by atoms with van der Waals surface area (Å²) in [5, 5.41) is 17.9. The molecular weight excluding hydrogens is 310 g/mol. The van der Waals surface area contributed by atoms with Crippen molar-refractivity contribution in [1.82, 2.24) is 14.8 Å². The number of rotatable bonds is 2. The molecule has 6 nitrogen and oxygen atoms in total. The van der Waals surface area contributed by atoms with Gasteiger partial charge in [-0.25, -0.2) is 4.98 Å². The Hall–Kier alpha value is -1.96. The number of nitrogens with zero attached hydrogens (tertiary/aromatic N) is 4. The summed E-state index contributed by atoms with van der Waals surface area (Å²) in [7, 11) is 1.88. The summed E-state index contributed by atoms with van der Waals surface area (Å²) < 4.78 is 2.67. The highest BCUT2D eigenvalue weighted by atomic mass is 32.1. The Balaban J connectivity index is 1.60. The molecule has 0 saturated heterocycles. The van der Waals surface area contributed by atoms with Crippen LogP contribution < -0.4 is 5.73 Å². The molecule has 3 aromatic rings.